The molecule has 0 unspecified atom stereocenters. The molecule has 0 radical (unpaired) electrons. The van der Waals surface area contributed by atoms with Gasteiger partial charge < -0.3 is 10.5 Å². The minimum Gasteiger partial charge on any atom is -0.469 e. The van der Waals surface area contributed by atoms with Crippen LogP contribution in [-0.2, 0) is 16.0 Å². The Morgan fingerprint density at radius 2 is 2.33 bits per heavy atom. The number of halogens is 1. The van der Waals surface area contributed by atoms with Gasteiger partial charge in [0.25, 0.3) is 0 Å². The zero-order valence-corrected chi connectivity index (χ0v) is 8.84. The fraction of sp³-hybridized carbons (Fsp3) is 0.200. The van der Waals surface area contributed by atoms with E-state index >= 15 is 0 Å². The van der Waals surface area contributed by atoms with Crippen LogP contribution >= 0.6 is 11.6 Å². The monoisotopic (exact) mass is 224 g/mol. The molecule has 1 aromatic carbocycles. The fourth-order valence-corrected chi connectivity index (χ4v) is 1.33. The minimum atomic E-state index is -0.402. The average molecular weight is 225 g/mol. The third-order valence-corrected chi connectivity index (χ3v) is 2.25. The quantitative estimate of drug-likeness (QED) is 0.610. The lowest BCUT2D eigenvalue weighted by atomic mass is 10.1. The van der Waals surface area contributed by atoms with E-state index in [0.717, 1.165) is 0 Å². The number of nitrogens with zero attached hydrogens (tertiary/aromatic N) is 1. The highest BCUT2D eigenvalue weighted by molar-refractivity contribution is 6.31. The zero-order valence-electron chi connectivity index (χ0n) is 8.08. The Kier molecular flexibility index (Phi) is 3.53. The Bertz CT molecular complexity index is 438. The molecule has 0 aromatic heterocycles. The summed E-state index contributed by atoms with van der Waals surface area (Å²) < 4.78 is 4.50. The number of nitriles is 1. The Morgan fingerprint density at radius 1 is 1.67 bits per heavy atom. The van der Waals surface area contributed by atoms with Gasteiger partial charge in [-0.2, -0.15) is 5.26 Å². The number of benzene rings is 1. The molecule has 0 aliphatic rings. The first-order valence-corrected chi connectivity index (χ1v) is 4.51. The van der Waals surface area contributed by atoms with Crippen molar-refractivity contribution in [3.63, 3.8) is 0 Å². The molecule has 0 aliphatic carbocycles. The molecule has 0 amide bonds. The number of carbonyl (C=O) groups is 1. The molecule has 15 heavy (non-hydrogen) atoms. The molecule has 78 valence electrons. The number of anilines is 1. The van der Waals surface area contributed by atoms with E-state index < -0.39 is 5.97 Å². The summed E-state index contributed by atoms with van der Waals surface area (Å²) in [7, 11) is 1.29. The smallest absolute Gasteiger partial charge is 0.310 e. The van der Waals surface area contributed by atoms with Gasteiger partial charge in [-0.25, -0.2) is 0 Å². The van der Waals surface area contributed by atoms with Gasteiger partial charge in [0.2, 0.25) is 0 Å². The Morgan fingerprint density at radius 3 is 2.87 bits per heavy atom. The Labute approximate surface area is 92.2 Å². The highest BCUT2D eigenvalue weighted by Gasteiger charge is 2.10. The molecular formula is C10H9ClN2O2. The van der Waals surface area contributed by atoms with Gasteiger partial charge in [-0.1, -0.05) is 11.6 Å². The molecule has 1 rings (SSSR count). The van der Waals surface area contributed by atoms with Crippen molar-refractivity contribution in [2.24, 2.45) is 0 Å². The van der Waals surface area contributed by atoms with Gasteiger partial charge in [-0.05, 0) is 17.7 Å². The minimum absolute atomic E-state index is 0.0469. The first-order valence-electron chi connectivity index (χ1n) is 4.13. The number of rotatable bonds is 2. The van der Waals surface area contributed by atoms with E-state index in [1.54, 1.807) is 0 Å². The van der Waals surface area contributed by atoms with Crippen molar-refractivity contribution in [1.82, 2.24) is 0 Å². The van der Waals surface area contributed by atoms with Crippen LogP contribution in [0.2, 0.25) is 5.02 Å². The van der Waals surface area contributed by atoms with E-state index in [2.05, 4.69) is 4.74 Å². The summed E-state index contributed by atoms with van der Waals surface area (Å²) in [5.41, 5.74) is 6.75. The number of hydrogen-bond acceptors (Lipinski definition) is 4. The molecule has 0 saturated heterocycles. The Balaban J connectivity index is 3.06. The number of hydrogen-bond donors (Lipinski definition) is 1. The lowest BCUT2D eigenvalue weighted by Crippen LogP contribution is -2.06. The number of esters is 1. The van der Waals surface area contributed by atoms with Crippen molar-refractivity contribution in [2.75, 3.05) is 12.8 Å². The van der Waals surface area contributed by atoms with Crippen LogP contribution in [0.4, 0.5) is 5.69 Å². The number of ether oxygens (including phenoxy) is 1. The molecule has 4 nitrogen and oxygen atoms in total. The molecular weight excluding hydrogens is 216 g/mol. The summed E-state index contributed by atoms with van der Waals surface area (Å²) in [6.07, 6.45) is 0.0469. The van der Waals surface area contributed by atoms with E-state index in [4.69, 9.17) is 22.6 Å². The highest BCUT2D eigenvalue weighted by Crippen LogP contribution is 2.23. The molecule has 5 heteroatoms. The van der Waals surface area contributed by atoms with Crippen LogP contribution in [0.15, 0.2) is 12.1 Å². The van der Waals surface area contributed by atoms with Gasteiger partial charge in [0.05, 0.1) is 19.1 Å². The zero-order chi connectivity index (χ0) is 11.4. The average Bonchev–Trinajstić information content (AvgIpc) is 2.22. The summed E-state index contributed by atoms with van der Waals surface area (Å²) in [6.45, 7) is 0. The van der Waals surface area contributed by atoms with Crippen molar-refractivity contribution in [3.8, 4) is 6.07 Å². The Hall–Kier alpha value is -1.73. The van der Waals surface area contributed by atoms with E-state index in [-0.39, 0.29) is 6.42 Å². The van der Waals surface area contributed by atoms with Crippen LogP contribution < -0.4 is 5.73 Å². The van der Waals surface area contributed by atoms with E-state index in [1.165, 1.54) is 19.2 Å². The van der Waals surface area contributed by atoms with Crippen molar-refractivity contribution in [1.29, 1.82) is 5.26 Å². The topological polar surface area (TPSA) is 76.1 Å². The SMILES string of the molecule is COC(=O)Cc1cc(N)c(C#N)cc1Cl. The van der Waals surface area contributed by atoms with E-state index in [9.17, 15) is 4.79 Å². The van der Waals surface area contributed by atoms with E-state index in [1.807, 2.05) is 6.07 Å². The standard InChI is InChI=1S/C10H9ClN2O2/c1-15-10(14)4-6-3-9(13)7(5-12)2-8(6)11/h2-3H,4,13H2,1H3. The van der Waals surface area contributed by atoms with Gasteiger partial charge in [-0.3, -0.25) is 4.79 Å². The molecule has 0 bridgehead atoms. The molecule has 0 fully saturated rings. The fourth-order valence-electron chi connectivity index (χ4n) is 1.10. The van der Waals surface area contributed by atoms with Gasteiger partial charge in [0.1, 0.15) is 6.07 Å². The molecule has 2 N–H and O–H groups in total. The van der Waals surface area contributed by atoms with Crippen LogP contribution in [0.1, 0.15) is 11.1 Å². The molecule has 0 heterocycles. The van der Waals surface area contributed by atoms with Crippen LogP contribution in [0, 0.1) is 11.3 Å². The lowest BCUT2D eigenvalue weighted by Gasteiger charge is -2.05. The van der Waals surface area contributed by atoms with Gasteiger partial charge in [0, 0.05) is 10.7 Å². The van der Waals surface area contributed by atoms with Gasteiger partial charge >= 0.3 is 5.97 Å². The maximum absolute atomic E-state index is 11.0. The summed E-state index contributed by atoms with van der Waals surface area (Å²) in [6, 6.07) is 4.86. The summed E-state index contributed by atoms with van der Waals surface area (Å²) in [4.78, 5) is 11.0. The van der Waals surface area contributed by atoms with Crippen LogP contribution in [0.25, 0.3) is 0 Å². The van der Waals surface area contributed by atoms with Crippen LogP contribution in [0.3, 0.4) is 0 Å². The van der Waals surface area contributed by atoms with Crippen molar-refractivity contribution >= 4 is 23.3 Å². The van der Waals surface area contributed by atoms with Crippen molar-refractivity contribution in [3.05, 3.63) is 28.3 Å². The first-order chi connectivity index (χ1) is 7.08. The maximum Gasteiger partial charge on any atom is 0.310 e. The predicted molar refractivity (Wildman–Crippen MR) is 56.3 cm³/mol. The third kappa shape index (κ3) is 2.61. The van der Waals surface area contributed by atoms with Gasteiger partial charge in [-0.15, -0.1) is 0 Å². The normalized spacial score (nSPS) is 9.40. The largest absolute Gasteiger partial charge is 0.469 e. The van der Waals surface area contributed by atoms with Gasteiger partial charge in [0.15, 0.2) is 0 Å². The second kappa shape index (κ2) is 4.67. The van der Waals surface area contributed by atoms with Crippen LogP contribution in [0.5, 0.6) is 0 Å². The van der Waals surface area contributed by atoms with Crippen LogP contribution in [-0.4, -0.2) is 13.1 Å². The second-order valence-electron chi connectivity index (χ2n) is 2.90. The molecule has 0 saturated carbocycles. The van der Waals surface area contributed by atoms with E-state index in [0.29, 0.717) is 21.8 Å². The second-order valence-corrected chi connectivity index (χ2v) is 3.30. The summed E-state index contributed by atoms with van der Waals surface area (Å²) in [5, 5.41) is 9.02. The summed E-state index contributed by atoms with van der Waals surface area (Å²) in [5.74, 6) is -0.402. The maximum atomic E-state index is 11.0. The summed E-state index contributed by atoms with van der Waals surface area (Å²) >= 11 is 5.87. The molecule has 0 aliphatic heterocycles. The molecule has 0 spiro atoms. The number of methoxy groups -OCH3 is 1. The lowest BCUT2D eigenvalue weighted by molar-refractivity contribution is -0.139. The number of carbonyl (C=O) groups excluding carboxylic acids is 1. The predicted octanol–water partition coefficient (Wildman–Crippen LogP) is 1.51. The number of nitrogens with two attached hydrogens (primary N) is 1. The van der Waals surface area contributed by atoms with Crippen molar-refractivity contribution < 1.29 is 9.53 Å². The van der Waals surface area contributed by atoms with Crippen molar-refractivity contribution in [2.45, 2.75) is 6.42 Å². The highest BCUT2D eigenvalue weighted by atomic mass is 35.5. The molecule has 0 atom stereocenters. The molecule has 1 aromatic rings. The number of nitrogen functional groups attached to an aromatic ring is 1. The first kappa shape index (κ1) is 11.3. The third-order valence-electron chi connectivity index (χ3n) is 1.90.